The first-order valence-corrected chi connectivity index (χ1v) is 12.7. The molecule has 0 fully saturated rings. The van der Waals surface area contributed by atoms with Crippen LogP contribution in [0.2, 0.25) is 0 Å². The van der Waals surface area contributed by atoms with Crippen molar-refractivity contribution in [1.29, 1.82) is 0 Å². The first-order chi connectivity index (χ1) is 15.3. The maximum Gasteiger partial charge on any atom is 0.119 e. The maximum absolute atomic E-state index is 5.88. The molecule has 0 saturated carbocycles. The molecule has 0 bridgehead atoms. The minimum absolute atomic E-state index is 0.813. The zero-order chi connectivity index (χ0) is 22.0. The topological polar surface area (TPSA) is 21.6 Å². The predicted molar refractivity (Wildman–Crippen MR) is 136 cm³/mol. The number of rotatable bonds is 17. The lowest BCUT2D eigenvalue weighted by atomic mass is 10.1. The van der Waals surface area contributed by atoms with E-state index in [1.165, 1.54) is 82.6 Å². The molecule has 0 spiro atoms. The molecule has 31 heavy (non-hydrogen) atoms. The fourth-order valence-electron chi connectivity index (χ4n) is 3.73. The van der Waals surface area contributed by atoms with Crippen LogP contribution in [-0.2, 0) is 6.42 Å². The molecule has 2 aromatic rings. The molecular formula is C29H43NO. The molecule has 0 radical (unpaired) electrons. The van der Waals surface area contributed by atoms with Gasteiger partial charge in [0.05, 0.1) is 12.3 Å². The van der Waals surface area contributed by atoms with Crippen LogP contribution >= 0.6 is 0 Å². The molecule has 0 aromatic heterocycles. The number of ether oxygens (including phenoxy) is 1. The van der Waals surface area contributed by atoms with E-state index < -0.39 is 0 Å². The van der Waals surface area contributed by atoms with Crippen molar-refractivity contribution < 1.29 is 4.74 Å². The fraction of sp³-hybridized carbons (Fsp3) is 0.552. The van der Waals surface area contributed by atoms with E-state index in [0.717, 1.165) is 30.0 Å². The highest BCUT2D eigenvalue weighted by molar-refractivity contribution is 5.82. The second-order valence-electron chi connectivity index (χ2n) is 8.63. The van der Waals surface area contributed by atoms with Crippen LogP contribution in [0.25, 0.3) is 0 Å². The van der Waals surface area contributed by atoms with Gasteiger partial charge in [0, 0.05) is 6.21 Å². The summed E-state index contributed by atoms with van der Waals surface area (Å²) in [5.74, 6) is 0.951. The van der Waals surface area contributed by atoms with Gasteiger partial charge in [-0.05, 0) is 66.8 Å². The van der Waals surface area contributed by atoms with Gasteiger partial charge >= 0.3 is 0 Å². The number of hydrogen-bond donors (Lipinski definition) is 0. The average molecular weight is 422 g/mol. The molecule has 2 aromatic carbocycles. The van der Waals surface area contributed by atoms with Crippen LogP contribution in [0.4, 0.5) is 5.69 Å². The van der Waals surface area contributed by atoms with Gasteiger partial charge in [-0.15, -0.1) is 0 Å². The van der Waals surface area contributed by atoms with Crippen molar-refractivity contribution in [3.05, 3.63) is 59.7 Å². The summed E-state index contributed by atoms with van der Waals surface area (Å²) in [7, 11) is 0. The maximum atomic E-state index is 5.88. The van der Waals surface area contributed by atoms with Crippen molar-refractivity contribution in [2.24, 2.45) is 4.99 Å². The Morgan fingerprint density at radius 2 is 1.23 bits per heavy atom. The molecule has 2 nitrogen and oxygen atoms in total. The van der Waals surface area contributed by atoms with E-state index in [0.29, 0.717) is 0 Å². The van der Waals surface area contributed by atoms with Gasteiger partial charge in [-0.1, -0.05) is 90.2 Å². The molecule has 2 heteroatoms. The van der Waals surface area contributed by atoms with E-state index in [9.17, 15) is 0 Å². The minimum atomic E-state index is 0.813. The third-order valence-electron chi connectivity index (χ3n) is 5.76. The molecule has 0 heterocycles. The van der Waals surface area contributed by atoms with Crippen molar-refractivity contribution >= 4 is 11.9 Å². The van der Waals surface area contributed by atoms with Crippen molar-refractivity contribution in [3.63, 3.8) is 0 Å². The number of nitrogens with zero attached hydrogens (tertiary/aromatic N) is 1. The molecule has 0 aliphatic heterocycles. The Morgan fingerprint density at radius 3 is 1.87 bits per heavy atom. The Hall–Kier alpha value is -2.09. The van der Waals surface area contributed by atoms with Crippen LogP contribution in [0, 0.1) is 0 Å². The number of hydrogen-bond acceptors (Lipinski definition) is 2. The van der Waals surface area contributed by atoms with Crippen molar-refractivity contribution in [1.82, 2.24) is 0 Å². The van der Waals surface area contributed by atoms with Gasteiger partial charge < -0.3 is 4.74 Å². The van der Waals surface area contributed by atoms with Crippen LogP contribution in [0.15, 0.2) is 53.5 Å². The van der Waals surface area contributed by atoms with E-state index in [-0.39, 0.29) is 0 Å². The smallest absolute Gasteiger partial charge is 0.119 e. The van der Waals surface area contributed by atoms with Crippen molar-refractivity contribution in [2.75, 3.05) is 6.61 Å². The highest BCUT2D eigenvalue weighted by Gasteiger charge is 1.97. The van der Waals surface area contributed by atoms with Crippen molar-refractivity contribution in [2.45, 2.75) is 97.3 Å². The highest BCUT2D eigenvalue weighted by atomic mass is 16.5. The van der Waals surface area contributed by atoms with Gasteiger partial charge in [0.15, 0.2) is 0 Å². The average Bonchev–Trinajstić information content (AvgIpc) is 2.81. The van der Waals surface area contributed by atoms with E-state index in [1.54, 1.807) is 0 Å². The first-order valence-electron chi connectivity index (χ1n) is 12.7. The Balaban J connectivity index is 1.63. The molecular weight excluding hydrogens is 378 g/mol. The summed E-state index contributed by atoms with van der Waals surface area (Å²) >= 11 is 0. The van der Waals surface area contributed by atoms with Gasteiger partial charge in [-0.3, -0.25) is 4.99 Å². The summed E-state index contributed by atoms with van der Waals surface area (Å²) in [5, 5.41) is 0. The van der Waals surface area contributed by atoms with E-state index in [4.69, 9.17) is 4.74 Å². The first kappa shape index (κ1) is 25.2. The zero-order valence-corrected chi connectivity index (χ0v) is 20.0. The Kier molecular flexibility index (Phi) is 13.5. The van der Waals surface area contributed by atoms with E-state index >= 15 is 0 Å². The van der Waals surface area contributed by atoms with E-state index in [1.807, 2.05) is 18.3 Å². The lowest BCUT2D eigenvalue weighted by molar-refractivity contribution is 0.304. The van der Waals surface area contributed by atoms with Crippen LogP contribution in [0.3, 0.4) is 0 Å². The Morgan fingerprint density at radius 1 is 0.645 bits per heavy atom. The number of unbranched alkanes of at least 4 members (excludes halogenated alkanes) is 10. The van der Waals surface area contributed by atoms with Gasteiger partial charge in [0.25, 0.3) is 0 Å². The monoisotopic (exact) mass is 421 g/mol. The normalized spacial score (nSPS) is 11.3. The second kappa shape index (κ2) is 16.6. The van der Waals surface area contributed by atoms with Crippen LogP contribution in [-0.4, -0.2) is 12.8 Å². The molecule has 0 aliphatic carbocycles. The molecule has 0 N–H and O–H groups in total. The summed E-state index contributed by atoms with van der Waals surface area (Å²) in [6.45, 7) is 5.34. The highest BCUT2D eigenvalue weighted by Crippen LogP contribution is 2.17. The van der Waals surface area contributed by atoms with Crippen LogP contribution in [0.1, 0.15) is 102 Å². The number of aryl methyl sites for hydroxylation is 1. The quantitative estimate of drug-likeness (QED) is 0.184. The molecule has 0 aliphatic rings. The summed E-state index contributed by atoms with van der Waals surface area (Å²) in [6, 6.07) is 16.9. The SMILES string of the molecule is CCCCCCCCCCOc1ccc(C=Nc2ccc(CCCCCC)cc2)cc1. The molecule has 2 rings (SSSR count). The molecule has 0 atom stereocenters. The molecule has 170 valence electrons. The van der Waals surface area contributed by atoms with Crippen molar-refractivity contribution in [3.8, 4) is 5.75 Å². The summed E-state index contributed by atoms with van der Waals surface area (Å²) in [4.78, 5) is 4.61. The Bertz CT molecular complexity index is 703. The molecule has 0 saturated heterocycles. The van der Waals surface area contributed by atoms with Gasteiger partial charge in [0.1, 0.15) is 5.75 Å². The van der Waals surface area contributed by atoms with Crippen LogP contribution < -0.4 is 4.74 Å². The lowest BCUT2D eigenvalue weighted by Crippen LogP contribution is -1.97. The molecule has 0 amide bonds. The second-order valence-corrected chi connectivity index (χ2v) is 8.63. The van der Waals surface area contributed by atoms with Gasteiger partial charge in [-0.25, -0.2) is 0 Å². The zero-order valence-electron chi connectivity index (χ0n) is 20.0. The standard InChI is InChI=1S/C29H43NO/c1-3-5-7-9-10-11-12-14-24-31-29-22-18-27(19-23-29)25-30-28-20-16-26(17-21-28)15-13-8-6-4-2/h16-23,25H,3-15,24H2,1-2H3. The van der Waals surface area contributed by atoms with Gasteiger partial charge in [0.2, 0.25) is 0 Å². The third-order valence-corrected chi connectivity index (χ3v) is 5.76. The molecule has 0 unspecified atom stereocenters. The summed E-state index contributed by atoms with van der Waals surface area (Å²) < 4.78 is 5.88. The van der Waals surface area contributed by atoms with Crippen LogP contribution in [0.5, 0.6) is 5.75 Å². The third kappa shape index (κ3) is 11.8. The lowest BCUT2D eigenvalue weighted by Gasteiger charge is -2.06. The largest absolute Gasteiger partial charge is 0.494 e. The predicted octanol–water partition coefficient (Wildman–Crippen LogP) is 9.08. The fourth-order valence-corrected chi connectivity index (χ4v) is 3.73. The Labute approximate surface area is 191 Å². The number of aliphatic imine (C=N–C) groups is 1. The van der Waals surface area contributed by atoms with Gasteiger partial charge in [-0.2, -0.15) is 0 Å². The summed E-state index contributed by atoms with van der Waals surface area (Å²) in [5.41, 5.74) is 3.52. The van der Waals surface area contributed by atoms with E-state index in [2.05, 4.69) is 55.2 Å². The summed E-state index contributed by atoms with van der Waals surface area (Å²) in [6.07, 6.45) is 19.0. The minimum Gasteiger partial charge on any atom is -0.494 e. The number of benzene rings is 2.